The van der Waals surface area contributed by atoms with Gasteiger partial charge in [-0.15, -0.1) is 21.5 Å². The first kappa shape index (κ1) is 21.9. The molecule has 0 saturated heterocycles. The summed E-state index contributed by atoms with van der Waals surface area (Å²) in [6.07, 6.45) is 0.969. The number of anilines is 1. The predicted octanol–water partition coefficient (Wildman–Crippen LogP) is 4.57. The summed E-state index contributed by atoms with van der Waals surface area (Å²) in [7, 11) is 0. The van der Waals surface area contributed by atoms with E-state index >= 15 is 0 Å². The van der Waals surface area contributed by atoms with Gasteiger partial charge >= 0.3 is 0 Å². The van der Waals surface area contributed by atoms with Crippen LogP contribution in [0.4, 0.5) is 5.00 Å². The highest BCUT2D eigenvalue weighted by Gasteiger charge is 2.16. The van der Waals surface area contributed by atoms with Gasteiger partial charge in [0.05, 0.1) is 11.3 Å². The lowest BCUT2D eigenvalue weighted by Crippen LogP contribution is -2.15. The van der Waals surface area contributed by atoms with Crippen molar-refractivity contribution < 1.29 is 9.53 Å². The van der Waals surface area contributed by atoms with Gasteiger partial charge in [0, 0.05) is 6.54 Å². The number of para-hydroxylation sites is 1. The molecular weight excluding hydrogens is 418 g/mol. The summed E-state index contributed by atoms with van der Waals surface area (Å²) in [5.41, 5.74) is 0.471. The van der Waals surface area contributed by atoms with Crippen LogP contribution >= 0.6 is 23.1 Å². The third-order valence-corrected chi connectivity index (χ3v) is 6.00. The molecule has 0 aliphatic rings. The first-order valence-corrected chi connectivity index (χ1v) is 11.4. The van der Waals surface area contributed by atoms with Crippen LogP contribution in [0, 0.1) is 17.2 Å². The fraction of sp³-hybridized carbons (Fsp3) is 0.333. The van der Waals surface area contributed by atoms with Gasteiger partial charge in [0.1, 0.15) is 23.4 Å². The Bertz CT molecular complexity index is 1010. The summed E-state index contributed by atoms with van der Waals surface area (Å²) >= 11 is 2.66. The maximum Gasteiger partial charge on any atom is 0.235 e. The molecule has 2 aromatic heterocycles. The second-order valence-electron chi connectivity index (χ2n) is 6.95. The minimum absolute atomic E-state index is 0.181. The molecule has 7 nitrogen and oxygen atoms in total. The second-order valence-corrected chi connectivity index (χ2v) is 8.81. The smallest absolute Gasteiger partial charge is 0.235 e. The molecular formula is C21H23N5O2S2. The lowest BCUT2D eigenvalue weighted by Gasteiger charge is -2.12. The van der Waals surface area contributed by atoms with Crippen LogP contribution < -0.4 is 10.1 Å². The van der Waals surface area contributed by atoms with Gasteiger partial charge in [-0.05, 0) is 35.9 Å². The lowest BCUT2D eigenvalue weighted by molar-refractivity contribution is -0.113. The Hall–Kier alpha value is -2.83. The number of carbonyl (C=O) groups excluding carboxylic acids is 1. The van der Waals surface area contributed by atoms with Crippen molar-refractivity contribution in [2.45, 2.75) is 38.6 Å². The van der Waals surface area contributed by atoms with Crippen molar-refractivity contribution in [3.05, 3.63) is 53.2 Å². The molecule has 0 saturated carbocycles. The highest BCUT2D eigenvalue weighted by atomic mass is 32.2. The molecule has 3 rings (SSSR count). The van der Waals surface area contributed by atoms with Crippen molar-refractivity contribution in [1.82, 2.24) is 14.8 Å². The Morgan fingerprint density at radius 1 is 1.30 bits per heavy atom. The highest BCUT2D eigenvalue weighted by molar-refractivity contribution is 7.99. The summed E-state index contributed by atoms with van der Waals surface area (Å²) in [5.74, 6) is 2.03. The highest BCUT2D eigenvalue weighted by Crippen LogP contribution is 2.24. The van der Waals surface area contributed by atoms with Crippen LogP contribution in [-0.2, 0) is 17.9 Å². The third kappa shape index (κ3) is 6.08. The average Bonchev–Trinajstić information content (AvgIpc) is 3.36. The van der Waals surface area contributed by atoms with Crippen LogP contribution in [0.3, 0.4) is 0 Å². The fourth-order valence-corrected chi connectivity index (χ4v) is 4.13. The zero-order valence-electron chi connectivity index (χ0n) is 16.9. The van der Waals surface area contributed by atoms with Gasteiger partial charge in [0.2, 0.25) is 5.91 Å². The molecule has 0 aliphatic heterocycles. The Labute approximate surface area is 184 Å². The first-order chi connectivity index (χ1) is 14.6. The molecule has 0 spiro atoms. The number of thiophene rings is 1. The van der Waals surface area contributed by atoms with E-state index in [1.54, 1.807) is 11.4 Å². The standard InChI is InChI=1S/C21H23N5O2S2/c1-15(2)8-10-26-18(13-28-17-6-4-3-5-7-17)24-25-21(26)30-14-19(27)23-20-16(12-22)9-11-29-20/h3-7,9,11,15H,8,10,13-14H2,1-2H3,(H,23,27). The van der Waals surface area contributed by atoms with Gasteiger partial charge in [-0.1, -0.05) is 43.8 Å². The number of nitriles is 1. The van der Waals surface area contributed by atoms with Crippen LogP contribution in [0.5, 0.6) is 5.75 Å². The second kappa shape index (κ2) is 10.8. The topological polar surface area (TPSA) is 92.8 Å². The molecule has 0 radical (unpaired) electrons. The van der Waals surface area contributed by atoms with Crippen LogP contribution in [0.2, 0.25) is 0 Å². The minimum Gasteiger partial charge on any atom is -0.486 e. The monoisotopic (exact) mass is 441 g/mol. The molecule has 0 fully saturated rings. The lowest BCUT2D eigenvalue weighted by atomic mass is 10.1. The molecule has 30 heavy (non-hydrogen) atoms. The van der Waals surface area contributed by atoms with E-state index in [0.717, 1.165) is 24.5 Å². The average molecular weight is 442 g/mol. The third-order valence-electron chi connectivity index (χ3n) is 4.21. The number of carbonyl (C=O) groups is 1. The normalized spacial score (nSPS) is 10.7. The number of benzene rings is 1. The predicted molar refractivity (Wildman–Crippen MR) is 119 cm³/mol. The number of hydrogen-bond donors (Lipinski definition) is 1. The maximum absolute atomic E-state index is 12.3. The number of thioether (sulfide) groups is 1. The molecule has 1 aromatic carbocycles. The van der Waals surface area contributed by atoms with Crippen molar-refractivity contribution in [2.24, 2.45) is 5.92 Å². The minimum atomic E-state index is -0.181. The Morgan fingerprint density at radius 3 is 2.83 bits per heavy atom. The van der Waals surface area contributed by atoms with E-state index in [1.165, 1.54) is 23.1 Å². The number of hydrogen-bond acceptors (Lipinski definition) is 7. The summed E-state index contributed by atoms with van der Waals surface area (Å²) in [4.78, 5) is 12.3. The molecule has 156 valence electrons. The summed E-state index contributed by atoms with van der Waals surface area (Å²) in [6, 6.07) is 13.3. The van der Waals surface area contributed by atoms with E-state index in [2.05, 4.69) is 35.4 Å². The molecule has 2 heterocycles. The number of ether oxygens (including phenoxy) is 1. The van der Waals surface area contributed by atoms with Gasteiger partial charge in [0.25, 0.3) is 0 Å². The molecule has 3 aromatic rings. The van der Waals surface area contributed by atoms with Crippen molar-refractivity contribution in [1.29, 1.82) is 5.26 Å². The van der Waals surface area contributed by atoms with E-state index in [1.807, 2.05) is 34.9 Å². The van der Waals surface area contributed by atoms with Crippen LogP contribution in [0.1, 0.15) is 31.7 Å². The largest absolute Gasteiger partial charge is 0.486 e. The van der Waals surface area contributed by atoms with Crippen molar-refractivity contribution in [3.63, 3.8) is 0 Å². The van der Waals surface area contributed by atoms with E-state index in [4.69, 9.17) is 10.00 Å². The quantitative estimate of drug-likeness (QED) is 0.463. The Morgan fingerprint density at radius 2 is 2.10 bits per heavy atom. The number of rotatable bonds is 10. The summed E-state index contributed by atoms with van der Waals surface area (Å²) in [5, 5.41) is 23.5. The number of nitrogens with one attached hydrogen (secondary N) is 1. The van der Waals surface area contributed by atoms with E-state index in [9.17, 15) is 4.79 Å². The fourth-order valence-electron chi connectivity index (χ4n) is 2.60. The Kier molecular flexibility index (Phi) is 7.88. The molecule has 1 amide bonds. The summed E-state index contributed by atoms with van der Waals surface area (Å²) < 4.78 is 7.85. The maximum atomic E-state index is 12.3. The molecule has 0 bridgehead atoms. The molecule has 1 N–H and O–H groups in total. The van der Waals surface area contributed by atoms with Crippen LogP contribution in [0.15, 0.2) is 46.9 Å². The van der Waals surface area contributed by atoms with Crippen molar-refractivity contribution in [2.75, 3.05) is 11.1 Å². The van der Waals surface area contributed by atoms with Gasteiger partial charge in [-0.3, -0.25) is 4.79 Å². The zero-order valence-corrected chi connectivity index (χ0v) is 18.5. The molecule has 9 heteroatoms. The van der Waals surface area contributed by atoms with Gasteiger partial charge in [-0.25, -0.2) is 0 Å². The van der Waals surface area contributed by atoms with Gasteiger partial charge in [-0.2, -0.15) is 5.26 Å². The number of amides is 1. The van der Waals surface area contributed by atoms with Crippen LogP contribution in [-0.4, -0.2) is 26.4 Å². The van der Waals surface area contributed by atoms with Gasteiger partial charge in [0.15, 0.2) is 11.0 Å². The van der Waals surface area contributed by atoms with Crippen molar-refractivity contribution in [3.8, 4) is 11.8 Å². The molecule has 0 aliphatic carbocycles. The number of nitrogens with zero attached hydrogens (tertiary/aromatic N) is 4. The van der Waals surface area contributed by atoms with Crippen LogP contribution in [0.25, 0.3) is 0 Å². The van der Waals surface area contributed by atoms with Crippen molar-refractivity contribution >= 4 is 34.0 Å². The van der Waals surface area contributed by atoms with E-state index in [-0.39, 0.29) is 11.7 Å². The number of aromatic nitrogens is 3. The molecule has 0 atom stereocenters. The Balaban J connectivity index is 1.64. The SMILES string of the molecule is CC(C)CCn1c(COc2ccccc2)nnc1SCC(=O)Nc1sccc1C#N. The van der Waals surface area contributed by atoms with Gasteiger partial charge < -0.3 is 14.6 Å². The molecule has 0 unspecified atom stereocenters. The summed E-state index contributed by atoms with van der Waals surface area (Å²) in [6.45, 7) is 5.39. The van der Waals surface area contributed by atoms with E-state index in [0.29, 0.717) is 28.2 Å². The first-order valence-electron chi connectivity index (χ1n) is 9.57. The van der Waals surface area contributed by atoms with E-state index < -0.39 is 0 Å². The zero-order chi connectivity index (χ0) is 21.3.